The Kier molecular flexibility index (Phi) is 8.94. The lowest BCUT2D eigenvalue weighted by molar-refractivity contribution is -0.121. The van der Waals surface area contributed by atoms with Crippen molar-refractivity contribution >= 4 is 35.8 Å². The van der Waals surface area contributed by atoms with Crippen LogP contribution in [0, 0.1) is 12.8 Å². The Morgan fingerprint density at radius 1 is 1.28 bits per heavy atom. The predicted octanol–water partition coefficient (Wildman–Crippen LogP) is 3.19. The van der Waals surface area contributed by atoms with Gasteiger partial charge in [0.05, 0.1) is 12.2 Å². The van der Waals surface area contributed by atoms with Crippen molar-refractivity contribution in [2.45, 2.75) is 32.7 Å². The Morgan fingerprint density at radius 3 is 2.59 bits per heavy atom. The van der Waals surface area contributed by atoms with Gasteiger partial charge in [-0.15, -0.1) is 24.0 Å². The molecule has 1 amide bonds. The standard InChI is InChI=1S/C21H29N5O2.HI/c1-15-4-6-17(7-5-15)20-25-18(14-28-20)13-24-21(23-3)26-10-8-16(9-11-26)12-19(27)22-2;/h4-7,14,16H,8-13H2,1-3H3,(H,22,27)(H,23,24);1H. The molecule has 158 valence electrons. The highest BCUT2D eigenvalue weighted by atomic mass is 127. The van der Waals surface area contributed by atoms with Gasteiger partial charge >= 0.3 is 0 Å². The van der Waals surface area contributed by atoms with Gasteiger partial charge in [-0.05, 0) is 37.8 Å². The van der Waals surface area contributed by atoms with Crippen LogP contribution < -0.4 is 10.6 Å². The molecule has 0 spiro atoms. The van der Waals surface area contributed by atoms with E-state index in [2.05, 4.69) is 32.4 Å². The first kappa shape index (κ1) is 23.2. The molecule has 0 unspecified atom stereocenters. The first-order chi connectivity index (χ1) is 13.6. The number of amides is 1. The number of carbonyl (C=O) groups is 1. The molecule has 1 saturated heterocycles. The molecule has 2 N–H and O–H groups in total. The number of aliphatic imine (C=N–C) groups is 1. The summed E-state index contributed by atoms with van der Waals surface area (Å²) in [5, 5.41) is 6.08. The van der Waals surface area contributed by atoms with E-state index >= 15 is 0 Å². The van der Waals surface area contributed by atoms with Gasteiger partial charge in [0.2, 0.25) is 11.8 Å². The van der Waals surface area contributed by atoms with Crippen molar-refractivity contribution in [3.05, 3.63) is 41.8 Å². The lowest BCUT2D eigenvalue weighted by atomic mass is 9.93. The summed E-state index contributed by atoms with van der Waals surface area (Å²) in [5.41, 5.74) is 3.02. The molecule has 3 rings (SSSR count). The summed E-state index contributed by atoms with van der Waals surface area (Å²) in [7, 11) is 3.48. The van der Waals surface area contributed by atoms with Gasteiger partial charge in [0.1, 0.15) is 6.26 Å². The lowest BCUT2D eigenvalue weighted by Crippen LogP contribution is -2.45. The molecule has 0 bridgehead atoms. The summed E-state index contributed by atoms with van der Waals surface area (Å²) in [6.45, 7) is 4.41. The number of hydrogen-bond donors (Lipinski definition) is 2. The molecule has 0 saturated carbocycles. The second-order valence-corrected chi connectivity index (χ2v) is 7.22. The fourth-order valence-electron chi connectivity index (χ4n) is 3.43. The molecule has 29 heavy (non-hydrogen) atoms. The zero-order valence-electron chi connectivity index (χ0n) is 17.3. The zero-order valence-corrected chi connectivity index (χ0v) is 19.6. The van der Waals surface area contributed by atoms with Gasteiger partial charge in [0.15, 0.2) is 5.96 Å². The average molecular weight is 511 g/mol. The van der Waals surface area contributed by atoms with Crippen LogP contribution in [0.15, 0.2) is 39.9 Å². The van der Waals surface area contributed by atoms with Crippen molar-refractivity contribution in [3.63, 3.8) is 0 Å². The van der Waals surface area contributed by atoms with Gasteiger partial charge < -0.3 is 20.0 Å². The van der Waals surface area contributed by atoms with Gasteiger partial charge in [0, 0.05) is 39.2 Å². The van der Waals surface area contributed by atoms with Crippen LogP contribution in [0.25, 0.3) is 11.5 Å². The number of nitrogens with zero attached hydrogens (tertiary/aromatic N) is 3. The van der Waals surface area contributed by atoms with Crippen LogP contribution in [0.5, 0.6) is 0 Å². The Balaban J connectivity index is 0.00000300. The first-order valence-electron chi connectivity index (χ1n) is 9.76. The maximum Gasteiger partial charge on any atom is 0.226 e. The van der Waals surface area contributed by atoms with E-state index in [4.69, 9.17) is 4.42 Å². The number of benzene rings is 1. The molecule has 2 heterocycles. The average Bonchev–Trinajstić information content (AvgIpc) is 3.19. The van der Waals surface area contributed by atoms with Gasteiger partial charge in [-0.1, -0.05) is 17.7 Å². The number of halogens is 1. The van der Waals surface area contributed by atoms with Crippen molar-refractivity contribution < 1.29 is 9.21 Å². The molecule has 0 aliphatic carbocycles. The van der Waals surface area contributed by atoms with Crippen molar-refractivity contribution in [3.8, 4) is 11.5 Å². The third-order valence-corrected chi connectivity index (χ3v) is 5.16. The van der Waals surface area contributed by atoms with Gasteiger partial charge in [-0.3, -0.25) is 9.79 Å². The number of guanidine groups is 1. The van der Waals surface area contributed by atoms with Gasteiger partial charge in [-0.25, -0.2) is 4.98 Å². The summed E-state index contributed by atoms with van der Waals surface area (Å²) in [6, 6.07) is 8.13. The van der Waals surface area contributed by atoms with E-state index in [0.717, 1.165) is 43.1 Å². The number of likely N-dealkylation sites (tertiary alicyclic amines) is 1. The third-order valence-electron chi connectivity index (χ3n) is 5.16. The minimum absolute atomic E-state index is 0. The van der Waals surface area contributed by atoms with Crippen LogP contribution in [-0.4, -0.2) is 48.9 Å². The van der Waals surface area contributed by atoms with E-state index in [0.29, 0.717) is 24.8 Å². The highest BCUT2D eigenvalue weighted by molar-refractivity contribution is 14.0. The first-order valence-corrected chi connectivity index (χ1v) is 9.76. The number of piperidine rings is 1. The number of hydrogen-bond acceptors (Lipinski definition) is 4. The van der Waals surface area contributed by atoms with Crippen LogP contribution in [0.2, 0.25) is 0 Å². The fourth-order valence-corrected chi connectivity index (χ4v) is 3.43. The summed E-state index contributed by atoms with van der Waals surface area (Å²) in [5.74, 6) is 2.05. The molecule has 1 fully saturated rings. The monoisotopic (exact) mass is 511 g/mol. The SMILES string of the molecule is CN=C(NCc1coc(-c2ccc(C)cc2)n1)N1CCC(CC(=O)NC)CC1.I. The molecule has 7 nitrogen and oxygen atoms in total. The van der Waals surface area contributed by atoms with E-state index in [1.807, 2.05) is 24.3 Å². The molecule has 1 aliphatic heterocycles. The maximum absolute atomic E-state index is 11.6. The topological polar surface area (TPSA) is 82.8 Å². The molecule has 0 radical (unpaired) electrons. The molecule has 1 aliphatic rings. The van der Waals surface area contributed by atoms with Crippen LogP contribution in [-0.2, 0) is 11.3 Å². The van der Waals surface area contributed by atoms with Crippen LogP contribution >= 0.6 is 24.0 Å². The molecule has 1 aromatic heterocycles. The van der Waals surface area contributed by atoms with Crippen molar-refractivity contribution in [2.24, 2.45) is 10.9 Å². The number of aryl methyl sites for hydroxylation is 1. The second-order valence-electron chi connectivity index (χ2n) is 7.22. The summed E-state index contributed by atoms with van der Waals surface area (Å²) < 4.78 is 5.62. The van der Waals surface area contributed by atoms with E-state index in [1.54, 1.807) is 20.4 Å². The molecule has 8 heteroatoms. The molecule has 1 aromatic carbocycles. The van der Waals surface area contributed by atoms with Crippen LogP contribution in [0.3, 0.4) is 0 Å². The largest absolute Gasteiger partial charge is 0.444 e. The fraction of sp³-hybridized carbons (Fsp3) is 0.476. The Labute approximate surface area is 189 Å². The number of aromatic nitrogens is 1. The Bertz CT molecular complexity index is 811. The number of nitrogens with one attached hydrogen (secondary N) is 2. The minimum atomic E-state index is 0. The Hall–Kier alpha value is -2.10. The van der Waals surface area contributed by atoms with Crippen LogP contribution in [0.4, 0.5) is 0 Å². The van der Waals surface area contributed by atoms with Crippen molar-refractivity contribution in [1.29, 1.82) is 0 Å². The Morgan fingerprint density at radius 2 is 1.97 bits per heavy atom. The number of oxazole rings is 1. The van der Waals surface area contributed by atoms with Crippen molar-refractivity contribution in [1.82, 2.24) is 20.5 Å². The van der Waals surface area contributed by atoms with Crippen molar-refractivity contribution in [2.75, 3.05) is 27.2 Å². The van der Waals surface area contributed by atoms with Gasteiger partial charge in [-0.2, -0.15) is 0 Å². The maximum atomic E-state index is 11.6. The smallest absolute Gasteiger partial charge is 0.226 e. The predicted molar refractivity (Wildman–Crippen MR) is 125 cm³/mol. The van der Waals surface area contributed by atoms with E-state index in [-0.39, 0.29) is 29.9 Å². The highest BCUT2D eigenvalue weighted by Crippen LogP contribution is 2.21. The third kappa shape index (κ3) is 6.45. The number of rotatable bonds is 5. The summed E-state index contributed by atoms with van der Waals surface area (Å²) in [6.07, 6.45) is 4.29. The minimum Gasteiger partial charge on any atom is -0.444 e. The van der Waals surface area contributed by atoms with E-state index < -0.39 is 0 Å². The number of carbonyl (C=O) groups excluding carboxylic acids is 1. The molecule has 2 aromatic rings. The van der Waals surface area contributed by atoms with Gasteiger partial charge in [0.25, 0.3) is 0 Å². The lowest BCUT2D eigenvalue weighted by Gasteiger charge is -2.33. The summed E-state index contributed by atoms with van der Waals surface area (Å²) >= 11 is 0. The molecule has 0 atom stereocenters. The zero-order chi connectivity index (χ0) is 19.9. The molecular weight excluding hydrogens is 481 g/mol. The van der Waals surface area contributed by atoms with E-state index in [1.165, 1.54) is 5.56 Å². The highest BCUT2D eigenvalue weighted by Gasteiger charge is 2.23. The summed E-state index contributed by atoms with van der Waals surface area (Å²) in [4.78, 5) is 22.8. The second kappa shape index (κ2) is 11.2. The molecular formula is C21H30IN5O2. The van der Waals surface area contributed by atoms with E-state index in [9.17, 15) is 4.79 Å². The van der Waals surface area contributed by atoms with Crippen LogP contribution in [0.1, 0.15) is 30.5 Å². The quantitative estimate of drug-likeness (QED) is 0.366. The normalized spacial score (nSPS) is 15.0.